The Morgan fingerprint density at radius 3 is 2.40 bits per heavy atom. The van der Waals surface area contributed by atoms with Gasteiger partial charge in [0.25, 0.3) is 15.9 Å². The van der Waals surface area contributed by atoms with Crippen molar-refractivity contribution < 1.29 is 13.2 Å². The van der Waals surface area contributed by atoms with Gasteiger partial charge in [-0.3, -0.25) is 9.10 Å². The summed E-state index contributed by atoms with van der Waals surface area (Å²) in [6, 6.07) is 22.5. The summed E-state index contributed by atoms with van der Waals surface area (Å²) in [4.78, 5) is 13.2. The van der Waals surface area contributed by atoms with E-state index < -0.39 is 10.0 Å². The first-order valence-corrected chi connectivity index (χ1v) is 11.6. The second-order valence-corrected chi connectivity index (χ2v) is 9.93. The molecule has 0 fully saturated rings. The van der Waals surface area contributed by atoms with Crippen LogP contribution in [0.4, 0.5) is 11.4 Å². The quantitative estimate of drug-likeness (QED) is 0.423. The van der Waals surface area contributed by atoms with Crippen molar-refractivity contribution in [3.63, 3.8) is 0 Å². The molecule has 5 nitrogen and oxygen atoms in total. The number of para-hydroxylation sites is 1. The fourth-order valence-electron chi connectivity index (χ4n) is 3.02. The normalized spacial score (nSPS) is 11.4. The van der Waals surface area contributed by atoms with Crippen LogP contribution in [-0.2, 0) is 10.0 Å². The molecule has 0 aliphatic rings. The number of carbonyl (C=O) groups excluding carboxylic acids is 1. The Labute approximate surface area is 183 Å². The van der Waals surface area contributed by atoms with E-state index in [1.165, 1.54) is 34.8 Å². The molecule has 1 amide bonds. The highest BCUT2D eigenvalue weighted by atomic mass is 35.5. The lowest BCUT2D eigenvalue weighted by atomic mass is 10.2. The van der Waals surface area contributed by atoms with Crippen molar-refractivity contribution in [1.82, 2.24) is 0 Å². The van der Waals surface area contributed by atoms with Crippen LogP contribution in [-0.4, -0.2) is 21.4 Å². The molecule has 0 saturated carbocycles. The molecule has 30 heavy (non-hydrogen) atoms. The summed E-state index contributed by atoms with van der Waals surface area (Å²) in [6.07, 6.45) is 0. The Kier molecular flexibility index (Phi) is 5.51. The lowest BCUT2D eigenvalue weighted by Crippen LogP contribution is -2.26. The second-order valence-electron chi connectivity index (χ2n) is 6.53. The third-order valence-corrected chi connectivity index (χ3v) is 8.07. The predicted octanol–water partition coefficient (Wildman–Crippen LogP) is 5.63. The molecule has 0 aliphatic heterocycles. The van der Waals surface area contributed by atoms with Crippen LogP contribution in [0.3, 0.4) is 0 Å². The van der Waals surface area contributed by atoms with E-state index in [4.69, 9.17) is 11.6 Å². The summed E-state index contributed by atoms with van der Waals surface area (Å²) in [5, 5.41) is 3.96. The maximum Gasteiger partial charge on any atom is 0.267 e. The monoisotopic (exact) mass is 456 g/mol. The van der Waals surface area contributed by atoms with E-state index in [0.717, 1.165) is 10.1 Å². The molecule has 152 valence electrons. The van der Waals surface area contributed by atoms with Gasteiger partial charge in [0.15, 0.2) is 0 Å². The minimum atomic E-state index is -3.79. The first-order chi connectivity index (χ1) is 14.4. The SMILES string of the molecule is CN(c1ccccc1)S(=O)(=O)c1cccc(NC(=O)c2sc3ccccc3c2Cl)c1. The topological polar surface area (TPSA) is 66.5 Å². The number of anilines is 2. The molecule has 8 heteroatoms. The maximum atomic E-state index is 13.0. The number of hydrogen-bond acceptors (Lipinski definition) is 4. The molecule has 0 saturated heterocycles. The molecule has 3 aromatic carbocycles. The summed E-state index contributed by atoms with van der Waals surface area (Å²) in [5.74, 6) is -0.382. The van der Waals surface area contributed by atoms with Gasteiger partial charge in [-0.05, 0) is 36.4 Å². The van der Waals surface area contributed by atoms with Crippen LogP contribution in [0.15, 0.2) is 83.8 Å². The molecule has 4 rings (SSSR count). The van der Waals surface area contributed by atoms with Gasteiger partial charge in [0.05, 0.1) is 15.6 Å². The van der Waals surface area contributed by atoms with E-state index in [0.29, 0.717) is 21.3 Å². The number of hydrogen-bond donors (Lipinski definition) is 1. The van der Waals surface area contributed by atoms with Crippen LogP contribution in [0, 0.1) is 0 Å². The summed E-state index contributed by atoms with van der Waals surface area (Å²) in [6.45, 7) is 0. The number of amides is 1. The molecule has 4 aromatic rings. The van der Waals surface area contributed by atoms with Crippen molar-refractivity contribution in [2.75, 3.05) is 16.7 Å². The van der Waals surface area contributed by atoms with Crippen molar-refractivity contribution in [1.29, 1.82) is 0 Å². The third-order valence-electron chi connectivity index (χ3n) is 4.61. The number of carbonyl (C=O) groups is 1. The van der Waals surface area contributed by atoms with Crippen LogP contribution in [0.5, 0.6) is 0 Å². The minimum Gasteiger partial charge on any atom is -0.321 e. The molecule has 0 unspecified atom stereocenters. The third kappa shape index (κ3) is 3.79. The van der Waals surface area contributed by atoms with Crippen molar-refractivity contribution >= 4 is 60.3 Å². The average molecular weight is 457 g/mol. The molecule has 0 aliphatic carbocycles. The molecule has 0 bridgehead atoms. The van der Waals surface area contributed by atoms with E-state index in [1.807, 2.05) is 30.3 Å². The van der Waals surface area contributed by atoms with Crippen LogP contribution in [0.1, 0.15) is 9.67 Å². The van der Waals surface area contributed by atoms with Gasteiger partial charge in [-0.1, -0.05) is 54.1 Å². The highest BCUT2D eigenvalue weighted by Crippen LogP contribution is 2.35. The lowest BCUT2D eigenvalue weighted by Gasteiger charge is -2.19. The number of halogens is 1. The van der Waals surface area contributed by atoms with E-state index in [1.54, 1.807) is 36.4 Å². The number of nitrogens with zero attached hydrogens (tertiary/aromatic N) is 1. The highest BCUT2D eigenvalue weighted by molar-refractivity contribution is 7.92. The first kappa shape index (κ1) is 20.4. The fourth-order valence-corrected chi connectivity index (χ4v) is 5.67. The largest absolute Gasteiger partial charge is 0.321 e. The van der Waals surface area contributed by atoms with Gasteiger partial charge in [0.2, 0.25) is 0 Å². The Morgan fingerprint density at radius 2 is 1.67 bits per heavy atom. The summed E-state index contributed by atoms with van der Waals surface area (Å²) >= 11 is 7.67. The van der Waals surface area contributed by atoms with E-state index in [-0.39, 0.29) is 10.8 Å². The van der Waals surface area contributed by atoms with Crippen LogP contribution >= 0.6 is 22.9 Å². The Morgan fingerprint density at radius 1 is 0.967 bits per heavy atom. The summed E-state index contributed by atoms with van der Waals surface area (Å²) in [5.41, 5.74) is 0.917. The molecule has 1 aromatic heterocycles. The molecule has 1 heterocycles. The van der Waals surface area contributed by atoms with Gasteiger partial charge in [-0.15, -0.1) is 11.3 Å². The molecule has 0 atom stereocenters. The number of nitrogens with one attached hydrogen (secondary N) is 1. The van der Waals surface area contributed by atoms with Crippen molar-refractivity contribution in [3.8, 4) is 0 Å². The van der Waals surface area contributed by atoms with Gasteiger partial charge in [0, 0.05) is 22.8 Å². The molecular weight excluding hydrogens is 440 g/mol. The summed E-state index contributed by atoms with van der Waals surface area (Å²) in [7, 11) is -2.29. The minimum absolute atomic E-state index is 0.0779. The van der Waals surface area contributed by atoms with Gasteiger partial charge in [0.1, 0.15) is 4.88 Å². The Hall–Kier alpha value is -2.87. The maximum absolute atomic E-state index is 13.0. The summed E-state index contributed by atoms with van der Waals surface area (Å²) < 4.78 is 28.1. The van der Waals surface area contributed by atoms with E-state index in [9.17, 15) is 13.2 Å². The molecule has 0 radical (unpaired) electrons. The van der Waals surface area contributed by atoms with Crippen LogP contribution in [0.25, 0.3) is 10.1 Å². The zero-order valence-corrected chi connectivity index (χ0v) is 18.3. The smallest absolute Gasteiger partial charge is 0.267 e. The number of benzene rings is 3. The van der Waals surface area contributed by atoms with Gasteiger partial charge in [-0.2, -0.15) is 0 Å². The van der Waals surface area contributed by atoms with Gasteiger partial charge >= 0.3 is 0 Å². The number of thiophene rings is 1. The first-order valence-electron chi connectivity index (χ1n) is 9.00. The van der Waals surface area contributed by atoms with E-state index >= 15 is 0 Å². The van der Waals surface area contributed by atoms with Crippen LogP contribution < -0.4 is 9.62 Å². The fraction of sp³-hybridized carbons (Fsp3) is 0.0455. The zero-order chi connectivity index (χ0) is 21.3. The predicted molar refractivity (Wildman–Crippen MR) is 123 cm³/mol. The Balaban J connectivity index is 1.62. The number of rotatable bonds is 5. The number of fused-ring (bicyclic) bond motifs is 1. The van der Waals surface area contributed by atoms with Crippen molar-refractivity contribution in [3.05, 3.63) is 88.8 Å². The number of sulfonamides is 1. The van der Waals surface area contributed by atoms with Gasteiger partial charge < -0.3 is 5.32 Å². The lowest BCUT2D eigenvalue weighted by molar-refractivity contribution is 0.103. The van der Waals surface area contributed by atoms with Crippen molar-refractivity contribution in [2.24, 2.45) is 0 Å². The molecule has 1 N–H and O–H groups in total. The average Bonchev–Trinajstić information content (AvgIpc) is 3.11. The van der Waals surface area contributed by atoms with E-state index in [2.05, 4.69) is 5.32 Å². The van der Waals surface area contributed by atoms with Gasteiger partial charge in [-0.25, -0.2) is 8.42 Å². The zero-order valence-electron chi connectivity index (χ0n) is 15.9. The Bertz CT molecular complexity index is 1340. The molecular formula is C22H17ClN2O3S2. The standard InChI is InChI=1S/C22H17ClN2O3S2/c1-25(16-9-3-2-4-10-16)30(27,28)17-11-7-8-15(14-17)24-22(26)21-20(23)18-12-5-6-13-19(18)29-21/h2-14H,1H3,(H,24,26). The van der Waals surface area contributed by atoms with Crippen molar-refractivity contribution in [2.45, 2.75) is 4.90 Å². The second kappa shape index (κ2) is 8.10. The highest BCUT2D eigenvalue weighted by Gasteiger charge is 2.22. The molecule has 0 spiro atoms. The van der Waals surface area contributed by atoms with Crippen LogP contribution in [0.2, 0.25) is 5.02 Å².